The number of anilines is 2. The molecule has 0 fully saturated rings. The maximum Gasteiger partial charge on any atom is 0.0579 e. The summed E-state index contributed by atoms with van der Waals surface area (Å²) >= 11 is 0. The van der Waals surface area contributed by atoms with E-state index in [2.05, 4.69) is 116 Å². The third-order valence-electron chi connectivity index (χ3n) is 6.78. The van der Waals surface area contributed by atoms with Gasteiger partial charge in [0.25, 0.3) is 0 Å². The van der Waals surface area contributed by atoms with Gasteiger partial charge < -0.3 is 15.7 Å². The summed E-state index contributed by atoms with van der Waals surface area (Å²) in [6, 6.07) is 13.6. The van der Waals surface area contributed by atoms with Crippen LogP contribution in [0.15, 0.2) is 36.4 Å². The zero-order chi connectivity index (χ0) is 25.6. The molecule has 2 rings (SSSR count). The lowest BCUT2D eigenvalue weighted by Crippen LogP contribution is -2.29. The van der Waals surface area contributed by atoms with Gasteiger partial charge in [0.15, 0.2) is 0 Å². The highest BCUT2D eigenvalue weighted by atomic mass is 16.3. The summed E-state index contributed by atoms with van der Waals surface area (Å²) in [5.74, 6) is 1.83. The first-order valence-electron chi connectivity index (χ1n) is 13.4. The van der Waals surface area contributed by atoms with Gasteiger partial charge in [-0.1, -0.05) is 91.8 Å². The second kappa shape index (κ2) is 12.6. The van der Waals surface area contributed by atoms with Crippen molar-refractivity contribution in [3.05, 3.63) is 58.7 Å². The molecule has 3 N–H and O–H groups in total. The number of aliphatic hydroxyl groups excluding tert-OH is 1. The molecule has 0 bridgehead atoms. The Labute approximate surface area is 209 Å². The highest BCUT2D eigenvalue weighted by Crippen LogP contribution is 2.34. The molecule has 3 heteroatoms. The third kappa shape index (κ3) is 7.50. The molecule has 0 saturated heterocycles. The average Bonchev–Trinajstić information content (AvgIpc) is 2.72. The van der Waals surface area contributed by atoms with Crippen molar-refractivity contribution in [3.8, 4) is 0 Å². The van der Waals surface area contributed by atoms with E-state index in [0.29, 0.717) is 23.7 Å². The van der Waals surface area contributed by atoms with Crippen LogP contribution in [0.25, 0.3) is 0 Å². The number of nitrogens with one attached hydrogen (secondary N) is 2. The fraction of sp³-hybridized carbons (Fsp3) is 0.613. The van der Waals surface area contributed by atoms with Gasteiger partial charge in [0.05, 0.1) is 6.10 Å². The van der Waals surface area contributed by atoms with Crippen LogP contribution < -0.4 is 10.6 Å². The van der Waals surface area contributed by atoms with E-state index in [4.69, 9.17) is 0 Å². The summed E-state index contributed by atoms with van der Waals surface area (Å²) in [6.07, 6.45) is 1.07. The number of para-hydroxylation sites is 2. The van der Waals surface area contributed by atoms with E-state index >= 15 is 0 Å². The molecule has 0 saturated carbocycles. The van der Waals surface area contributed by atoms with E-state index < -0.39 is 0 Å². The van der Waals surface area contributed by atoms with Crippen molar-refractivity contribution in [2.45, 2.75) is 124 Å². The topological polar surface area (TPSA) is 44.3 Å². The van der Waals surface area contributed by atoms with E-state index in [1.807, 2.05) is 0 Å². The van der Waals surface area contributed by atoms with Gasteiger partial charge in [-0.05, 0) is 72.6 Å². The standard InChI is InChI=1S/C31H50N2O/c1-19(2)26-13-11-14-27(20(3)4)30(26)32-23(9)17-25(34)18-24(10)33-31-28(21(5)6)15-12-16-29(31)22(7)8/h11-16,19-25,32-34H,17-18H2,1-10H3. The molecule has 0 amide bonds. The van der Waals surface area contributed by atoms with E-state index in [0.717, 1.165) is 12.8 Å². The molecular formula is C31H50N2O. The van der Waals surface area contributed by atoms with Crippen molar-refractivity contribution in [1.82, 2.24) is 0 Å². The van der Waals surface area contributed by atoms with E-state index in [1.54, 1.807) is 0 Å². The van der Waals surface area contributed by atoms with Crippen LogP contribution in [-0.4, -0.2) is 23.3 Å². The summed E-state index contributed by atoms with van der Waals surface area (Å²) in [6.45, 7) is 22.4. The molecule has 0 aliphatic carbocycles. The summed E-state index contributed by atoms with van der Waals surface area (Å²) in [5, 5.41) is 18.5. The van der Waals surface area contributed by atoms with E-state index in [-0.39, 0.29) is 18.2 Å². The van der Waals surface area contributed by atoms with Gasteiger partial charge in [-0.3, -0.25) is 0 Å². The largest absolute Gasteiger partial charge is 0.393 e. The Morgan fingerprint density at radius 2 is 0.794 bits per heavy atom. The molecule has 190 valence electrons. The SMILES string of the molecule is CC(CC(O)CC(C)Nc1c(C(C)C)cccc1C(C)C)Nc1c(C(C)C)cccc1C(C)C. The molecule has 2 atom stereocenters. The van der Waals surface area contributed by atoms with Crippen LogP contribution in [0.4, 0.5) is 11.4 Å². The molecule has 2 unspecified atom stereocenters. The van der Waals surface area contributed by atoms with Crippen molar-refractivity contribution < 1.29 is 5.11 Å². The molecule has 2 aromatic rings. The molecular weight excluding hydrogens is 416 g/mol. The van der Waals surface area contributed by atoms with Crippen molar-refractivity contribution in [1.29, 1.82) is 0 Å². The maximum absolute atomic E-state index is 11.0. The Morgan fingerprint density at radius 3 is 1.03 bits per heavy atom. The second-order valence-corrected chi connectivity index (χ2v) is 11.5. The van der Waals surface area contributed by atoms with Crippen LogP contribution in [0.2, 0.25) is 0 Å². The molecule has 0 aliphatic heterocycles. The molecule has 0 aromatic heterocycles. The molecule has 34 heavy (non-hydrogen) atoms. The number of hydrogen-bond donors (Lipinski definition) is 3. The monoisotopic (exact) mass is 466 g/mol. The minimum absolute atomic E-state index is 0.189. The van der Waals surface area contributed by atoms with Gasteiger partial charge >= 0.3 is 0 Å². The zero-order valence-corrected chi connectivity index (χ0v) is 23.4. The zero-order valence-electron chi connectivity index (χ0n) is 23.4. The smallest absolute Gasteiger partial charge is 0.0579 e. The molecule has 0 spiro atoms. The average molecular weight is 467 g/mol. The number of hydrogen-bond acceptors (Lipinski definition) is 3. The van der Waals surface area contributed by atoms with Crippen LogP contribution in [-0.2, 0) is 0 Å². The van der Waals surface area contributed by atoms with Crippen molar-refractivity contribution in [2.24, 2.45) is 0 Å². The lowest BCUT2D eigenvalue weighted by Gasteiger charge is -2.28. The number of rotatable bonds is 12. The molecule has 3 nitrogen and oxygen atoms in total. The van der Waals surface area contributed by atoms with E-state index in [1.165, 1.54) is 33.6 Å². The maximum atomic E-state index is 11.0. The molecule has 0 heterocycles. The predicted octanol–water partition coefficient (Wildman–Crippen LogP) is 8.62. The molecule has 0 aliphatic rings. The minimum Gasteiger partial charge on any atom is -0.393 e. The first-order valence-corrected chi connectivity index (χ1v) is 13.4. The fourth-order valence-corrected chi connectivity index (χ4v) is 4.96. The highest BCUT2D eigenvalue weighted by Gasteiger charge is 2.20. The lowest BCUT2D eigenvalue weighted by atomic mass is 9.91. The van der Waals surface area contributed by atoms with Crippen LogP contribution in [0, 0.1) is 0 Å². The number of aliphatic hydroxyl groups is 1. The number of benzene rings is 2. The summed E-state index contributed by atoms with van der Waals surface area (Å²) in [5.41, 5.74) is 7.93. The van der Waals surface area contributed by atoms with Crippen LogP contribution in [0.1, 0.15) is 128 Å². The summed E-state index contributed by atoms with van der Waals surface area (Å²) < 4.78 is 0. The fourth-order valence-electron chi connectivity index (χ4n) is 4.96. The van der Waals surface area contributed by atoms with Crippen molar-refractivity contribution >= 4 is 11.4 Å². The molecule has 0 radical (unpaired) electrons. The van der Waals surface area contributed by atoms with Gasteiger partial charge in [0, 0.05) is 23.5 Å². The Kier molecular flexibility index (Phi) is 10.5. The minimum atomic E-state index is -0.368. The normalized spacial score (nSPS) is 14.7. The van der Waals surface area contributed by atoms with Crippen molar-refractivity contribution in [3.63, 3.8) is 0 Å². The van der Waals surface area contributed by atoms with Gasteiger partial charge in [0.1, 0.15) is 0 Å². The molecule has 2 aromatic carbocycles. The van der Waals surface area contributed by atoms with Crippen LogP contribution in [0.5, 0.6) is 0 Å². The van der Waals surface area contributed by atoms with Crippen molar-refractivity contribution in [2.75, 3.05) is 10.6 Å². The van der Waals surface area contributed by atoms with Crippen LogP contribution >= 0.6 is 0 Å². The first kappa shape index (κ1) is 28.2. The van der Waals surface area contributed by atoms with Gasteiger partial charge in [0.2, 0.25) is 0 Å². The summed E-state index contributed by atoms with van der Waals surface area (Å²) in [4.78, 5) is 0. The Bertz CT molecular complexity index is 774. The summed E-state index contributed by atoms with van der Waals surface area (Å²) in [7, 11) is 0. The predicted molar refractivity (Wildman–Crippen MR) is 151 cm³/mol. The highest BCUT2D eigenvalue weighted by molar-refractivity contribution is 5.61. The second-order valence-electron chi connectivity index (χ2n) is 11.5. The quantitative estimate of drug-likeness (QED) is 0.293. The van der Waals surface area contributed by atoms with Crippen LogP contribution in [0.3, 0.4) is 0 Å². The van der Waals surface area contributed by atoms with Gasteiger partial charge in [-0.25, -0.2) is 0 Å². The van der Waals surface area contributed by atoms with Gasteiger partial charge in [-0.2, -0.15) is 0 Å². The third-order valence-corrected chi connectivity index (χ3v) is 6.78. The van der Waals surface area contributed by atoms with Gasteiger partial charge in [-0.15, -0.1) is 0 Å². The Balaban J connectivity index is 2.09. The Morgan fingerprint density at radius 1 is 0.529 bits per heavy atom. The lowest BCUT2D eigenvalue weighted by molar-refractivity contribution is 0.145. The van der Waals surface area contributed by atoms with E-state index in [9.17, 15) is 5.11 Å². The Hall–Kier alpha value is -2.00. The first-order chi connectivity index (χ1) is 15.9.